The molecule has 0 saturated carbocycles. The van der Waals surface area contributed by atoms with E-state index in [1.54, 1.807) is 6.07 Å². The van der Waals surface area contributed by atoms with Crippen LogP contribution in [0.15, 0.2) is 16.5 Å². The number of aromatic nitrogens is 2. The minimum Gasteiger partial charge on any atom is -0.426 e. The van der Waals surface area contributed by atoms with E-state index in [4.69, 9.17) is 21.8 Å². The summed E-state index contributed by atoms with van der Waals surface area (Å²) in [5.41, 5.74) is 7.44. The van der Waals surface area contributed by atoms with Crippen molar-refractivity contribution in [1.82, 2.24) is 9.97 Å². The molecule has 2 N–H and O–H groups in total. The van der Waals surface area contributed by atoms with Crippen molar-refractivity contribution in [2.24, 2.45) is 5.73 Å². The zero-order chi connectivity index (χ0) is 9.26. The summed E-state index contributed by atoms with van der Waals surface area (Å²) >= 11 is 5.57. The average molecular weight is 198 g/mol. The monoisotopic (exact) mass is 197 g/mol. The summed E-state index contributed by atoms with van der Waals surface area (Å²) < 4.78 is 5.06. The molecule has 2 aromatic heterocycles. The molecule has 2 aromatic rings. The Balaban J connectivity index is 2.48. The minimum atomic E-state index is 0.118. The van der Waals surface area contributed by atoms with E-state index in [9.17, 15) is 0 Å². The Bertz CT molecular complexity index is 426. The third kappa shape index (κ3) is 1.64. The summed E-state index contributed by atoms with van der Waals surface area (Å²) in [5.74, 6) is 0. The highest BCUT2D eigenvalue weighted by Gasteiger charge is 2.04. The molecular formula is C8H8ClN3O. The lowest BCUT2D eigenvalue weighted by Crippen LogP contribution is -2.04. The Kier molecular flexibility index (Phi) is 2.16. The van der Waals surface area contributed by atoms with Gasteiger partial charge in [0.15, 0.2) is 11.2 Å². The first-order valence-corrected chi connectivity index (χ1v) is 4.29. The van der Waals surface area contributed by atoms with Gasteiger partial charge < -0.3 is 10.2 Å². The Morgan fingerprint density at radius 3 is 3.00 bits per heavy atom. The van der Waals surface area contributed by atoms with Gasteiger partial charge in [-0.05, 0) is 30.3 Å². The summed E-state index contributed by atoms with van der Waals surface area (Å²) in [6.07, 6.45) is 0.737. The van der Waals surface area contributed by atoms with Crippen LogP contribution in [-0.4, -0.2) is 16.5 Å². The summed E-state index contributed by atoms with van der Waals surface area (Å²) in [4.78, 5) is 8.12. The highest BCUT2D eigenvalue weighted by atomic mass is 35.5. The molecule has 2 rings (SSSR count). The number of nitrogens with zero attached hydrogens (tertiary/aromatic N) is 2. The molecule has 2 heterocycles. The smallest absolute Gasteiger partial charge is 0.294 e. The highest BCUT2D eigenvalue weighted by Crippen LogP contribution is 2.17. The van der Waals surface area contributed by atoms with Gasteiger partial charge in [-0.3, -0.25) is 0 Å². The SMILES string of the molecule is NCCc1ccc2oc(Cl)nc2n1. The zero-order valence-electron chi connectivity index (χ0n) is 6.83. The van der Waals surface area contributed by atoms with Gasteiger partial charge in [0.25, 0.3) is 5.35 Å². The summed E-state index contributed by atoms with van der Waals surface area (Å²) in [6.45, 7) is 0.574. The average Bonchev–Trinajstić information content (AvgIpc) is 2.44. The lowest BCUT2D eigenvalue weighted by Gasteiger charge is -1.94. The van der Waals surface area contributed by atoms with Crippen molar-refractivity contribution >= 4 is 22.8 Å². The van der Waals surface area contributed by atoms with Crippen molar-refractivity contribution in [1.29, 1.82) is 0 Å². The Hall–Kier alpha value is -1.13. The number of nitrogens with two attached hydrogens (primary N) is 1. The predicted molar refractivity (Wildman–Crippen MR) is 49.6 cm³/mol. The molecule has 0 amide bonds. The molecule has 4 nitrogen and oxygen atoms in total. The molecule has 0 fully saturated rings. The van der Waals surface area contributed by atoms with Crippen LogP contribution in [0.25, 0.3) is 11.2 Å². The van der Waals surface area contributed by atoms with Crippen LogP contribution in [0.3, 0.4) is 0 Å². The third-order valence-corrected chi connectivity index (χ3v) is 1.85. The van der Waals surface area contributed by atoms with Gasteiger partial charge in [0, 0.05) is 12.1 Å². The molecule has 0 unspecified atom stereocenters. The van der Waals surface area contributed by atoms with E-state index in [1.165, 1.54) is 0 Å². The van der Waals surface area contributed by atoms with Gasteiger partial charge >= 0.3 is 0 Å². The number of fused-ring (bicyclic) bond motifs is 1. The number of hydrogen-bond acceptors (Lipinski definition) is 4. The summed E-state index contributed by atoms with van der Waals surface area (Å²) in [7, 11) is 0. The van der Waals surface area contributed by atoms with Gasteiger partial charge in [0.2, 0.25) is 0 Å². The molecule has 0 radical (unpaired) electrons. The van der Waals surface area contributed by atoms with E-state index < -0.39 is 0 Å². The first-order chi connectivity index (χ1) is 6.29. The molecule has 0 saturated heterocycles. The Labute approximate surface area is 79.7 Å². The van der Waals surface area contributed by atoms with Crippen molar-refractivity contribution in [2.75, 3.05) is 6.54 Å². The van der Waals surface area contributed by atoms with Gasteiger partial charge in [0.05, 0.1) is 0 Å². The molecule has 0 aliphatic heterocycles. The quantitative estimate of drug-likeness (QED) is 0.790. The second-order valence-corrected chi connectivity index (χ2v) is 2.95. The van der Waals surface area contributed by atoms with Crippen LogP contribution in [0.5, 0.6) is 0 Å². The first-order valence-electron chi connectivity index (χ1n) is 3.91. The third-order valence-electron chi connectivity index (χ3n) is 1.69. The second kappa shape index (κ2) is 3.32. The van der Waals surface area contributed by atoms with Gasteiger partial charge in [-0.15, -0.1) is 0 Å². The maximum absolute atomic E-state index is 5.57. The number of halogens is 1. The van der Waals surface area contributed by atoms with Crippen molar-refractivity contribution in [3.63, 3.8) is 0 Å². The van der Waals surface area contributed by atoms with Crippen molar-refractivity contribution in [2.45, 2.75) is 6.42 Å². The lowest BCUT2D eigenvalue weighted by molar-refractivity contribution is 0.604. The molecule has 5 heteroatoms. The fourth-order valence-corrected chi connectivity index (χ4v) is 1.28. The van der Waals surface area contributed by atoms with E-state index in [0.717, 1.165) is 12.1 Å². The van der Waals surface area contributed by atoms with Crippen LogP contribution in [-0.2, 0) is 6.42 Å². The van der Waals surface area contributed by atoms with Crippen LogP contribution in [0, 0.1) is 0 Å². The zero-order valence-corrected chi connectivity index (χ0v) is 7.58. The van der Waals surface area contributed by atoms with Gasteiger partial charge in [0.1, 0.15) is 0 Å². The van der Waals surface area contributed by atoms with Crippen molar-refractivity contribution in [3.8, 4) is 0 Å². The normalized spacial score (nSPS) is 10.9. The Morgan fingerprint density at radius 2 is 2.23 bits per heavy atom. The number of rotatable bonds is 2. The number of pyridine rings is 1. The molecule has 0 aromatic carbocycles. The van der Waals surface area contributed by atoms with Gasteiger partial charge in [-0.2, -0.15) is 4.98 Å². The van der Waals surface area contributed by atoms with E-state index in [2.05, 4.69) is 9.97 Å². The van der Waals surface area contributed by atoms with E-state index in [-0.39, 0.29) is 5.35 Å². The van der Waals surface area contributed by atoms with Crippen LogP contribution in [0.1, 0.15) is 5.69 Å². The summed E-state index contributed by atoms with van der Waals surface area (Å²) in [5, 5.41) is 0.118. The van der Waals surface area contributed by atoms with Crippen molar-refractivity contribution < 1.29 is 4.42 Å². The molecular weight excluding hydrogens is 190 g/mol. The molecule has 0 aliphatic carbocycles. The maximum atomic E-state index is 5.57. The predicted octanol–water partition coefficient (Wildman–Crippen LogP) is 1.38. The highest BCUT2D eigenvalue weighted by molar-refractivity contribution is 6.28. The number of hydrogen-bond donors (Lipinski definition) is 1. The van der Waals surface area contributed by atoms with Crippen LogP contribution < -0.4 is 5.73 Å². The largest absolute Gasteiger partial charge is 0.426 e. The van der Waals surface area contributed by atoms with Crippen LogP contribution in [0.4, 0.5) is 0 Å². The molecule has 0 aliphatic rings. The molecule has 68 valence electrons. The van der Waals surface area contributed by atoms with E-state index >= 15 is 0 Å². The maximum Gasteiger partial charge on any atom is 0.294 e. The van der Waals surface area contributed by atoms with E-state index in [0.29, 0.717) is 17.8 Å². The fourth-order valence-electron chi connectivity index (χ4n) is 1.12. The van der Waals surface area contributed by atoms with Gasteiger partial charge in [-0.25, -0.2) is 4.98 Å². The molecule has 13 heavy (non-hydrogen) atoms. The molecule has 0 spiro atoms. The van der Waals surface area contributed by atoms with Crippen molar-refractivity contribution in [3.05, 3.63) is 23.2 Å². The standard InChI is InChI=1S/C8H8ClN3O/c9-8-12-7-6(13-8)2-1-5(11-7)3-4-10/h1-2H,3-4,10H2. The Morgan fingerprint density at radius 1 is 1.38 bits per heavy atom. The van der Waals surface area contributed by atoms with Crippen LogP contribution in [0.2, 0.25) is 5.35 Å². The number of oxazole rings is 1. The van der Waals surface area contributed by atoms with E-state index in [1.807, 2.05) is 6.07 Å². The van der Waals surface area contributed by atoms with Crippen LogP contribution >= 0.6 is 11.6 Å². The molecule has 0 atom stereocenters. The van der Waals surface area contributed by atoms with Gasteiger partial charge in [-0.1, -0.05) is 0 Å². The topological polar surface area (TPSA) is 64.9 Å². The minimum absolute atomic E-state index is 0.118. The lowest BCUT2D eigenvalue weighted by atomic mass is 10.3. The first kappa shape index (κ1) is 8.47. The molecule has 0 bridgehead atoms. The fraction of sp³-hybridized carbons (Fsp3) is 0.250. The summed E-state index contributed by atoms with van der Waals surface area (Å²) in [6, 6.07) is 3.66. The second-order valence-electron chi connectivity index (χ2n) is 2.63.